The van der Waals surface area contributed by atoms with Gasteiger partial charge in [-0.3, -0.25) is 9.59 Å². The summed E-state index contributed by atoms with van der Waals surface area (Å²) in [5.74, 6) is 0.380. The Kier molecular flexibility index (Phi) is 12.3. The van der Waals surface area contributed by atoms with Crippen molar-refractivity contribution in [2.75, 3.05) is 19.5 Å². The molecule has 0 bridgehead atoms. The number of ether oxygens (including phenoxy) is 2. The minimum absolute atomic E-state index is 0.174. The maximum absolute atomic E-state index is 12.4. The van der Waals surface area contributed by atoms with E-state index in [-0.39, 0.29) is 17.0 Å². The van der Waals surface area contributed by atoms with E-state index in [1.54, 1.807) is 25.4 Å². The molecule has 4 aromatic carbocycles. The lowest BCUT2D eigenvalue weighted by Gasteiger charge is -2.18. The summed E-state index contributed by atoms with van der Waals surface area (Å²) in [6.45, 7) is 4.44. The van der Waals surface area contributed by atoms with Crippen molar-refractivity contribution in [3.63, 3.8) is 0 Å². The minimum Gasteiger partial charge on any atom is -0.489 e. The predicted octanol–water partition coefficient (Wildman–Crippen LogP) is 8.62. The van der Waals surface area contributed by atoms with E-state index in [0.717, 1.165) is 39.1 Å². The highest BCUT2D eigenvalue weighted by atomic mass is 35.5. The molecule has 0 aliphatic rings. The first-order valence-electron chi connectivity index (χ1n) is 14.5. The normalized spacial score (nSPS) is 11.1. The van der Waals surface area contributed by atoms with Crippen LogP contribution in [0.25, 0.3) is 11.1 Å². The number of aryl methyl sites for hydroxylation is 2. The molecule has 2 N–H and O–H groups in total. The van der Waals surface area contributed by atoms with Crippen LogP contribution >= 0.6 is 23.2 Å². The van der Waals surface area contributed by atoms with Gasteiger partial charge in [0.05, 0.1) is 5.56 Å². The van der Waals surface area contributed by atoms with E-state index in [1.165, 1.54) is 7.11 Å². The number of carbonyl (C=O) groups excluding carboxylic acids is 2. The van der Waals surface area contributed by atoms with Crippen LogP contribution in [0.2, 0.25) is 10.2 Å². The molecule has 5 rings (SSSR count). The molecule has 0 fully saturated rings. The fraction of sp³-hybridized carbons (Fsp3) is 0.162. The summed E-state index contributed by atoms with van der Waals surface area (Å²) in [6, 6.07) is 32.1. The molecule has 0 saturated heterocycles. The summed E-state index contributed by atoms with van der Waals surface area (Å²) in [5, 5.41) is 6.35. The minimum atomic E-state index is -0.640. The summed E-state index contributed by atoms with van der Waals surface area (Å²) >= 11 is 11.9. The zero-order valence-electron chi connectivity index (χ0n) is 26.0. The predicted molar refractivity (Wildman–Crippen MR) is 185 cm³/mol. The molecule has 7 nitrogen and oxygen atoms in total. The zero-order valence-corrected chi connectivity index (χ0v) is 27.5. The second-order valence-corrected chi connectivity index (χ2v) is 11.1. The Labute approximate surface area is 279 Å². The largest absolute Gasteiger partial charge is 0.489 e. The van der Waals surface area contributed by atoms with Crippen molar-refractivity contribution in [2.24, 2.45) is 0 Å². The van der Waals surface area contributed by atoms with E-state index in [0.29, 0.717) is 22.9 Å². The standard InChI is InChI=1S/C19H23NO3.C18H12Cl2N2O/c1-13-9-10-14(2)17(11-13)23-12-15-7-5-6-8-16(15)18(22-4)19(21)20-3;19-13-9-7-12(8-10-13)14-4-1-2-6-16(14)22-18(23)15-5-3-11-21-17(15)20/h5-11,18H,12H2,1-4H3,(H,20,21);1-11H,(H,22,23). The van der Waals surface area contributed by atoms with Gasteiger partial charge in [-0.1, -0.05) is 89.9 Å². The van der Waals surface area contributed by atoms with Crippen molar-refractivity contribution < 1.29 is 19.1 Å². The average Bonchev–Trinajstić information content (AvgIpc) is 3.07. The van der Waals surface area contributed by atoms with Gasteiger partial charge in [0.25, 0.3) is 11.8 Å². The first-order chi connectivity index (χ1) is 22.2. The monoisotopic (exact) mass is 655 g/mol. The van der Waals surface area contributed by atoms with E-state index >= 15 is 0 Å². The highest BCUT2D eigenvalue weighted by molar-refractivity contribution is 6.33. The molecule has 5 aromatic rings. The quantitative estimate of drug-likeness (QED) is 0.155. The Morgan fingerprint density at radius 2 is 1.59 bits per heavy atom. The van der Waals surface area contributed by atoms with Crippen LogP contribution < -0.4 is 15.4 Å². The molecule has 0 spiro atoms. The Morgan fingerprint density at radius 3 is 2.30 bits per heavy atom. The van der Waals surface area contributed by atoms with Crippen molar-refractivity contribution in [1.82, 2.24) is 10.3 Å². The van der Waals surface area contributed by atoms with E-state index < -0.39 is 6.10 Å². The number of likely N-dealkylation sites (N-methyl/N-ethyl adjacent to an activating group) is 1. The van der Waals surface area contributed by atoms with Crippen LogP contribution in [0.15, 0.2) is 109 Å². The lowest BCUT2D eigenvalue weighted by molar-refractivity contribution is -0.130. The molecular weight excluding hydrogens is 621 g/mol. The van der Waals surface area contributed by atoms with Gasteiger partial charge in [-0.2, -0.15) is 0 Å². The van der Waals surface area contributed by atoms with Gasteiger partial charge in [0.2, 0.25) is 0 Å². The van der Waals surface area contributed by atoms with Gasteiger partial charge in [0, 0.05) is 36.6 Å². The molecule has 1 atom stereocenters. The molecule has 1 aromatic heterocycles. The summed E-state index contributed by atoms with van der Waals surface area (Å²) in [6.07, 6.45) is 0.902. The summed E-state index contributed by atoms with van der Waals surface area (Å²) in [4.78, 5) is 28.3. The van der Waals surface area contributed by atoms with E-state index in [2.05, 4.69) is 21.7 Å². The van der Waals surface area contributed by atoms with Gasteiger partial charge in [-0.05, 0) is 78.1 Å². The molecule has 0 aliphatic heterocycles. The molecular formula is C37H35Cl2N3O4. The van der Waals surface area contributed by atoms with E-state index in [9.17, 15) is 9.59 Å². The van der Waals surface area contributed by atoms with E-state index in [4.69, 9.17) is 32.7 Å². The number of para-hydroxylation sites is 1. The van der Waals surface area contributed by atoms with Crippen molar-refractivity contribution in [3.8, 4) is 16.9 Å². The fourth-order valence-corrected chi connectivity index (χ4v) is 5.00. The van der Waals surface area contributed by atoms with Gasteiger partial charge in [0.1, 0.15) is 17.5 Å². The second-order valence-electron chi connectivity index (χ2n) is 10.3. The molecule has 0 radical (unpaired) electrons. The number of carbonyl (C=O) groups is 2. The van der Waals surface area contributed by atoms with Crippen LogP contribution in [0.5, 0.6) is 5.75 Å². The highest BCUT2D eigenvalue weighted by Crippen LogP contribution is 2.30. The van der Waals surface area contributed by atoms with Gasteiger partial charge in [-0.15, -0.1) is 0 Å². The number of pyridine rings is 1. The third-order valence-electron chi connectivity index (χ3n) is 7.12. The number of nitrogens with one attached hydrogen (secondary N) is 2. The number of hydrogen-bond acceptors (Lipinski definition) is 5. The number of methoxy groups -OCH3 is 1. The van der Waals surface area contributed by atoms with Crippen LogP contribution in [0.3, 0.4) is 0 Å². The second kappa shape index (κ2) is 16.6. The molecule has 0 saturated carbocycles. The molecule has 2 amide bonds. The lowest BCUT2D eigenvalue weighted by atomic mass is 10.0. The van der Waals surface area contributed by atoms with Crippen molar-refractivity contribution in [1.29, 1.82) is 0 Å². The van der Waals surface area contributed by atoms with E-state index in [1.807, 2.05) is 98.8 Å². The maximum Gasteiger partial charge on any atom is 0.258 e. The topological polar surface area (TPSA) is 89.5 Å². The van der Waals surface area contributed by atoms with Gasteiger partial charge < -0.3 is 20.1 Å². The zero-order chi connectivity index (χ0) is 33.1. The third kappa shape index (κ3) is 8.95. The summed E-state index contributed by atoms with van der Waals surface area (Å²) < 4.78 is 11.3. The Morgan fingerprint density at radius 1 is 0.870 bits per heavy atom. The van der Waals surface area contributed by atoms with Gasteiger partial charge in [-0.25, -0.2) is 4.98 Å². The number of aromatic nitrogens is 1. The smallest absolute Gasteiger partial charge is 0.258 e. The third-order valence-corrected chi connectivity index (χ3v) is 7.67. The first kappa shape index (κ1) is 34.2. The molecule has 236 valence electrons. The Hall–Kier alpha value is -4.69. The van der Waals surface area contributed by atoms with Crippen molar-refractivity contribution >= 4 is 40.7 Å². The number of rotatable bonds is 9. The summed E-state index contributed by atoms with van der Waals surface area (Å²) in [7, 11) is 3.13. The number of nitrogens with zero attached hydrogens (tertiary/aromatic N) is 1. The van der Waals surface area contributed by atoms with Crippen LogP contribution in [0.1, 0.15) is 38.7 Å². The van der Waals surface area contributed by atoms with Crippen LogP contribution in [-0.4, -0.2) is 31.0 Å². The highest BCUT2D eigenvalue weighted by Gasteiger charge is 2.22. The Bertz CT molecular complexity index is 1790. The van der Waals surface area contributed by atoms with Crippen molar-refractivity contribution in [2.45, 2.75) is 26.6 Å². The molecule has 0 aliphatic carbocycles. The average molecular weight is 657 g/mol. The van der Waals surface area contributed by atoms with Crippen LogP contribution in [-0.2, 0) is 16.1 Å². The number of hydrogen-bond donors (Lipinski definition) is 2. The first-order valence-corrected chi connectivity index (χ1v) is 15.3. The SMILES string of the molecule is CNC(=O)C(OC)c1ccccc1COc1cc(C)ccc1C.O=C(Nc1ccccc1-c1ccc(Cl)cc1)c1cccnc1Cl. The van der Waals surface area contributed by atoms with Crippen LogP contribution in [0, 0.1) is 13.8 Å². The number of benzene rings is 4. The molecule has 9 heteroatoms. The van der Waals surface area contributed by atoms with Gasteiger partial charge >= 0.3 is 0 Å². The van der Waals surface area contributed by atoms with Gasteiger partial charge in [0.15, 0.2) is 6.10 Å². The number of anilines is 1. The summed E-state index contributed by atoms with van der Waals surface area (Å²) in [5.41, 5.74) is 6.88. The lowest BCUT2D eigenvalue weighted by Crippen LogP contribution is -2.27. The fourth-order valence-electron chi connectivity index (χ4n) is 4.66. The number of halogens is 2. The van der Waals surface area contributed by atoms with Crippen LogP contribution in [0.4, 0.5) is 5.69 Å². The molecule has 1 unspecified atom stereocenters. The molecule has 1 heterocycles. The Balaban J connectivity index is 0.000000209. The molecule has 46 heavy (non-hydrogen) atoms. The maximum atomic E-state index is 12.4. The number of amides is 2. The van der Waals surface area contributed by atoms with Crippen molar-refractivity contribution in [3.05, 3.63) is 147 Å².